The van der Waals surface area contributed by atoms with Crippen LogP contribution in [0.2, 0.25) is 0 Å². The van der Waals surface area contributed by atoms with Crippen molar-refractivity contribution in [1.29, 1.82) is 0 Å². The van der Waals surface area contributed by atoms with Crippen molar-refractivity contribution in [3.8, 4) is 0 Å². The molecule has 0 aliphatic heterocycles. The Hall–Kier alpha value is -1.03. The van der Waals surface area contributed by atoms with Crippen molar-refractivity contribution >= 4 is 24.1 Å². The topological polar surface area (TPSA) is 0 Å². The monoisotopic (exact) mass is 294 g/mol. The molecule has 2 rings (SSSR count). The molecule has 0 nitrogen and oxygen atoms in total. The molecular formula is C20H27Al. The SMILES string of the molecule is CC(C)(C)c1cc[c]([AlH][c]2ccc(C(C)(C)C)cc2)cc1. The highest BCUT2D eigenvalue weighted by molar-refractivity contribution is 6.67. The second kappa shape index (κ2) is 5.99. The van der Waals surface area contributed by atoms with Crippen LogP contribution in [0.15, 0.2) is 48.5 Å². The van der Waals surface area contributed by atoms with Crippen LogP contribution < -0.4 is 8.85 Å². The predicted octanol–water partition coefficient (Wildman–Crippen LogP) is 3.67. The van der Waals surface area contributed by atoms with Crippen LogP contribution in [-0.4, -0.2) is 15.2 Å². The van der Waals surface area contributed by atoms with E-state index in [1.807, 2.05) is 0 Å². The summed E-state index contributed by atoms with van der Waals surface area (Å²) in [5.74, 6) is 0. The maximum atomic E-state index is 2.32. The molecule has 1 heteroatoms. The van der Waals surface area contributed by atoms with Crippen molar-refractivity contribution in [2.24, 2.45) is 0 Å². The Kier molecular flexibility index (Phi) is 4.67. The van der Waals surface area contributed by atoms with Crippen molar-refractivity contribution in [3.05, 3.63) is 59.7 Å². The fraction of sp³-hybridized carbons (Fsp3) is 0.400. The molecule has 0 aromatic heterocycles. The summed E-state index contributed by atoms with van der Waals surface area (Å²) in [6.45, 7) is 13.6. The molecular weight excluding hydrogens is 267 g/mol. The normalized spacial score (nSPS) is 12.3. The van der Waals surface area contributed by atoms with Gasteiger partial charge in [-0.3, -0.25) is 0 Å². The fourth-order valence-electron chi connectivity index (χ4n) is 2.48. The van der Waals surface area contributed by atoms with Crippen LogP contribution in [0.3, 0.4) is 0 Å². The number of hydrogen-bond donors (Lipinski definition) is 0. The van der Waals surface area contributed by atoms with E-state index in [0.717, 1.165) is 0 Å². The summed E-state index contributed by atoms with van der Waals surface area (Å²) in [6.07, 6.45) is 0. The highest BCUT2D eigenvalue weighted by Gasteiger charge is 2.14. The van der Waals surface area contributed by atoms with Crippen LogP contribution in [0.4, 0.5) is 0 Å². The van der Waals surface area contributed by atoms with Crippen molar-refractivity contribution in [1.82, 2.24) is 0 Å². The third-order valence-corrected chi connectivity index (χ3v) is 5.81. The van der Waals surface area contributed by atoms with E-state index < -0.39 is 0 Å². The van der Waals surface area contributed by atoms with Gasteiger partial charge in [-0.05, 0) is 22.0 Å². The van der Waals surface area contributed by atoms with Gasteiger partial charge in [-0.25, -0.2) is 0 Å². The molecule has 0 spiro atoms. The molecule has 0 aliphatic carbocycles. The van der Waals surface area contributed by atoms with Crippen LogP contribution in [-0.2, 0) is 10.8 Å². The highest BCUT2D eigenvalue weighted by Crippen LogP contribution is 2.21. The Balaban J connectivity index is 2.12. The summed E-state index contributed by atoms with van der Waals surface area (Å²) in [4.78, 5) is 0. The summed E-state index contributed by atoms with van der Waals surface area (Å²) < 4.78 is 3.04. The number of rotatable bonds is 2. The van der Waals surface area contributed by atoms with Crippen molar-refractivity contribution < 1.29 is 0 Å². The molecule has 0 atom stereocenters. The average Bonchev–Trinajstić information content (AvgIpc) is 2.38. The third kappa shape index (κ3) is 4.47. The molecule has 0 radical (unpaired) electrons. The molecule has 110 valence electrons. The van der Waals surface area contributed by atoms with Crippen LogP contribution >= 0.6 is 0 Å². The summed E-state index contributed by atoms with van der Waals surface area (Å²) in [6, 6.07) is 18.5. The summed E-state index contributed by atoms with van der Waals surface area (Å²) in [5.41, 5.74) is 3.33. The van der Waals surface area contributed by atoms with Gasteiger partial charge in [-0.2, -0.15) is 0 Å². The molecule has 0 bridgehead atoms. The van der Waals surface area contributed by atoms with E-state index in [2.05, 4.69) is 90.1 Å². The van der Waals surface area contributed by atoms with E-state index in [0.29, 0.717) is 0 Å². The Morgan fingerprint density at radius 3 is 1.05 bits per heavy atom. The number of hydrogen-bond acceptors (Lipinski definition) is 0. The predicted molar refractivity (Wildman–Crippen MR) is 96.7 cm³/mol. The first-order valence-corrected chi connectivity index (χ1v) is 9.26. The minimum atomic E-state index is -0.354. The quantitative estimate of drug-likeness (QED) is 0.741. The fourth-order valence-corrected chi connectivity index (χ4v) is 3.90. The lowest BCUT2D eigenvalue weighted by atomic mass is 9.87. The summed E-state index contributed by atoms with van der Waals surface area (Å²) in [5, 5.41) is 0. The summed E-state index contributed by atoms with van der Waals surface area (Å²) in [7, 11) is 0. The zero-order valence-corrected chi connectivity index (χ0v) is 15.7. The molecule has 0 amide bonds. The maximum Gasteiger partial charge on any atom is 0.323 e. The molecule has 0 aliphatic rings. The molecule has 0 saturated carbocycles. The van der Waals surface area contributed by atoms with E-state index in [4.69, 9.17) is 0 Å². The number of benzene rings is 2. The van der Waals surface area contributed by atoms with Gasteiger partial charge in [0.1, 0.15) is 0 Å². The lowest BCUT2D eigenvalue weighted by Gasteiger charge is -2.19. The van der Waals surface area contributed by atoms with E-state index in [9.17, 15) is 0 Å². The molecule has 21 heavy (non-hydrogen) atoms. The first kappa shape index (κ1) is 16.3. The second-order valence-corrected chi connectivity index (χ2v) is 10.1. The summed E-state index contributed by atoms with van der Waals surface area (Å²) >= 11 is -0.354. The highest BCUT2D eigenvalue weighted by atomic mass is 27.1. The van der Waals surface area contributed by atoms with Gasteiger partial charge in [-0.15, -0.1) is 8.85 Å². The van der Waals surface area contributed by atoms with Gasteiger partial charge < -0.3 is 0 Å². The second-order valence-electron chi connectivity index (χ2n) is 8.07. The van der Waals surface area contributed by atoms with Crippen molar-refractivity contribution in [3.63, 3.8) is 0 Å². The molecule has 0 N–H and O–H groups in total. The van der Waals surface area contributed by atoms with Gasteiger partial charge in [0, 0.05) is 0 Å². The maximum absolute atomic E-state index is 2.32. The van der Waals surface area contributed by atoms with Gasteiger partial charge >= 0.3 is 15.2 Å². The van der Waals surface area contributed by atoms with E-state index >= 15 is 0 Å². The molecule has 0 heterocycles. The van der Waals surface area contributed by atoms with Crippen molar-refractivity contribution in [2.75, 3.05) is 0 Å². The van der Waals surface area contributed by atoms with Gasteiger partial charge in [0.05, 0.1) is 0 Å². The van der Waals surface area contributed by atoms with Crippen LogP contribution in [0.5, 0.6) is 0 Å². The van der Waals surface area contributed by atoms with Crippen LogP contribution in [0.1, 0.15) is 52.7 Å². The third-order valence-electron chi connectivity index (χ3n) is 4.05. The molecule has 0 fully saturated rings. The Morgan fingerprint density at radius 1 is 0.524 bits per heavy atom. The molecule has 0 unspecified atom stereocenters. The molecule has 0 saturated heterocycles. The van der Waals surface area contributed by atoms with Crippen LogP contribution in [0, 0.1) is 0 Å². The minimum absolute atomic E-state index is 0.244. The largest absolute Gasteiger partial charge is 0.323 e. The van der Waals surface area contributed by atoms with Gasteiger partial charge in [0.2, 0.25) is 0 Å². The lowest BCUT2D eigenvalue weighted by molar-refractivity contribution is 0.590. The lowest BCUT2D eigenvalue weighted by Crippen LogP contribution is -2.27. The van der Waals surface area contributed by atoms with Gasteiger partial charge in [0.15, 0.2) is 0 Å². The van der Waals surface area contributed by atoms with E-state index in [-0.39, 0.29) is 26.0 Å². The Labute approximate surface area is 136 Å². The first-order valence-electron chi connectivity index (χ1n) is 7.85. The average molecular weight is 294 g/mol. The zero-order valence-electron chi connectivity index (χ0n) is 14.3. The molecule has 2 aromatic carbocycles. The van der Waals surface area contributed by atoms with E-state index in [1.165, 1.54) is 20.0 Å². The standard InChI is InChI=1S/2C10H13.Al.H/c2*1-10(2,3)9-7-5-4-6-8-9;;/h2*5-8H,1-3H3;;. The van der Waals surface area contributed by atoms with Crippen LogP contribution in [0.25, 0.3) is 0 Å². The van der Waals surface area contributed by atoms with Gasteiger partial charge in [-0.1, -0.05) is 90.1 Å². The van der Waals surface area contributed by atoms with Crippen molar-refractivity contribution in [2.45, 2.75) is 52.4 Å². The first-order chi connectivity index (χ1) is 9.66. The Bertz CT molecular complexity index is 522. The minimum Gasteiger partial charge on any atom is -0.109 e. The van der Waals surface area contributed by atoms with Gasteiger partial charge in [0.25, 0.3) is 0 Å². The van der Waals surface area contributed by atoms with E-state index in [1.54, 1.807) is 0 Å². The zero-order chi connectivity index (χ0) is 15.7. The smallest absolute Gasteiger partial charge is 0.109 e. The molecule has 2 aromatic rings. The Morgan fingerprint density at radius 2 is 0.810 bits per heavy atom.